The van der Waals surface area contributed by atoms with Gasteiger partial charge in [-0.3, -0.25) is 9.69 Å². The average Bonchev–Trinajstić information content (AvgIpc) is 2.79. The molecule has 1 saturated heterocycles. The van der Waals surface area contributed by atoms with Crippen molar-refractivity contribution in [1.29, 1.82) is 0 Å². The highest BCUT2D eigenvalue weighted by Gasteiger charge is 2.33. The van der Waals surface area contributed by atoms with Crippen LogP contribution in [0.25, 0.3) is 0 Å². The fraction of sp³-hybridized carbons (Fsp3) is 0.818. The van der Waals surface area contributed by atoms with Crippen LogP contribution < -0.4 is 0 Å². The Morgan fingerprint density at radius 3 is 2.90 bits per heavy atom. The van der Waals surface area contributed by atoms with Gasteiger partial charge in [0, 0.05) is 19.1 Å². The Morgan fingerprint density at radius 1 is 1.48 bits per heavy atom. The predicted octanol–water partition coefficient (Wildman–Crippen LogP) is -0.843. The number of sulfone groups is 1. The number of carboxylic acids is 1. The van der Waals surface area contributed by atoms with Crippen LogP contribution in [0.3, 0.4) is 0 Å². The molecule has 118 valence electrons. The van der Waals surface area contributed by atoms with E-state index >= 15 is 0 Å². The van der Waals surface area contributed by atoms with Crippen LogP contribution >= 0.6 is 0 Å². The molecule has 1 fully saturated rings. The zero-order chi connectivity index (χ0) is 15.5. The first kappa shape index (κ1) is 15.8. The highest BCUT2D eigenvalue weighted by Crippen LogP contribution is 2.17. The third-order valence-corrected chi connectivity index (χ3v) is 5.15. The Morgan fingerprint density at radius 2 is 2.24 bits per heavy atom. The Kier molecular flexibility index (Phi) is 4.88. The lowest BCUT2D eigenvalue weighted by atomic mass is 10.2. The molecule has 1 aliphatic rings. The molecule has 10 heteroatoms. The van der Waals surface area contributed by atoms with E-state index in [-0.39, 0.29) is 17.9 Å². The summed E-state index contributed by atoms with van der Waals surface area (Å²) in [5.74, 6) is -0.464. The maximum absolute atomic E-state index is 11.7. The van der Waals surface area contributed by atoms with Gasteiger partial charge in [-0.05, 0) is 16.8 Å². The SMILES string of the molecule is CCCn1nnnc1CN1CCS(=O)(=O)CC1CC(=O)O. The van der Waals surface area contributed by atoms with Gasteiger partial charge >= 0.3 is 5.97 Å². The van der Waals surface area contributed by atoms with Gasteiger partial charge in [0.1, 0.15) is 0 Å². The third-order valence-electron chi connectivity index (χ3n) is 3.45. The summed E-state index contributed by atoms with van der Waals surface area (Å²) in [4.78, 5) is 12.8. The molecule has 0 amide bonds. The fourth-order valence-corrected chi connectivity index (χ4v) is 4.02. The first-order chi connectivity index (χ1) is 9.91. The van der Waals surface area contributed by atoms with E-state index in [1.54, 1.807) is 4.68 Å². The topological polar surface area (TPSA) is 118 Å². The molecule has 21 heavy (non-hydrogen) atoms. The maximum Gasteiger partial charge on any atom is 0.304 e. The van der Waals surface area contributed by atoms with Crippen LogP contribution in [0.5, 0.6) is 0 Å². The van der Waals surface area contributed by atoms with Crippen molar-refractivity contribution in [3.63, 3.8) is 0 Å². The van der Waals surface area contributed by atoms with E-state index in [9.17, 15) is 13.2 Å². The van der Waals surface area contributed by atoms with Crippen LogP contribution in [-0.2, 0) is 27.7 Å². The van der Waals surface area contributed by atoms with E-state index in [1.807, 2.05) is 11.8 Å². The Hall–Kier alpha value is -1.55. The minimum Gasteiger partial charge on any atom is -0.481 e. The first-order valence-corrected chi connectivity index (χ1v) is 8.64. The van der Waals surface area contributed by atoms with Crippen molar-refractivity contribution < 1.29 is 18.3 Å². The summed E-state index contributed by atoms with van der Waals surface area (Å²) < 4.78 is 25.1. The molecule has 1 aromatic rings. The maximum atomic E-state index is 11.7. The van der Waals surface area contributed by atoms with Crippen LogP contribution in [0.2, 0.25) is 0 Å². The largest absolute Gasteiger partial charge is 0.481 e. The summed E-state index contributed by atoms with van der Waals surface area (Å²) in [6, 6.07) is -0.534. The summed E-state index contributed by atoms with van der Waals surface area (Å²) >= 11 is 0. The molecule has 9 nitrogen and oxygen atoms in total. The molecule has 0 aliphatic carbocycles. The van der Waals surface area contributed by atoms with E-state index < -0.39 is 21.8 Å². The molecular formula is C11H19N5O4S. The molecular weight excluding hydrogens is 298 g/mol. The molecule has 1 aliphatic heterocycles. The number of aromatic nitrogens is 4. The van der Waals surface area contributed by atoms with Crippen molar-refractivity contribution in [2.75, 3.05) is 18.1 Å². The molecule has 0 saturated carbocycles. The van der Waals surface area contributed by atoms with Crippen molar-refractivity contribution in [1.82, 2.24) is 25.1 Å². The van der Waals surface area contributed by atoms with E-state index in [0.717, 1.165) is 6.42 Å². The lowest BCUT2D eigenvalue weighted by Crippen LogP contribution is -2.49. The summed E-state index contributed by atoms with van der Waals surface area (Å²) in [6.45, 7) is 3.35. The van der Waals surface area contributed by atoms with Crippen LogP contribution in [0.1, 0.15) is 25.6 Å². The van der Waals surface area contributed by atoms with Crippen LogP contribution in [0.15, 0.2) is 0 Å². The number of carboxylic acid groups (broad SMARTS) is 1. The number of carbonyl (C=O) groups is 1. The van der Waals surface area contributed by atoms with E-state index in [1.165, 1.54) is 0 Å². The first-order valence-electron chi connectivity index (χ1n) is 6.82. The Balaban J connectivity index is 2.12. The molecule has 1 aromatic heterocycles. The summed E-state index contributed by atoms with van der Waals surface area (Å²) in [5, 5.41) is 20.4. The molecule has 0 radical (unpaired) electrons. The summed E-state index contributed by atoms with van der Waals surface area (Å²) in [6.07, 6.45) is 0.680. The monoisotopic (exact) mass is 317 g/mol. The molecule has 1 N–H and O–H groups in total. The van der Waals surface area contributed by atoms with Crippen molar-refractivity contribution in [3.8, 4) is 0 Å². The molecule has 1 atom stereocenters. The van der Waals surface area contributed by atoms with E-state index in [4.69, 9.17) is 5.11 Å². The normalized spacial score (nSPS) is 22.2. The van der Waals surface area contributed by atoms with Gasteiger partial charge < -0.3 is 5.11 Å². The number of aliphatic carboxylic acids is 1. The van der Waals surface area contributed by atoms with Gasteiger partial charge in [0.2, 0.25) is 0 Å². The molecule has 2 heterocycles. The van der Waals surface area contributed by atoms with E-state index in [0.29, 0.717) is 25.5 Å². The van der Waals surface area contributed by atoms with Crippen molar-refractivity contribution >= 4 is 15.8 Å². The van der Waals surface area contributed by atoms with Gasteiger partial charge in [-0.1, -0.05) is 6.92 Å². The lowest BCUT2D eigenvalue weighted by molar-refractivity contribution is -0.138. The highest BCUT2D eigenvalue weighted by atomic mass is 32.2. The number of hydrogen-bond donors (Lipinski definition) is 1. The summed E-state index contributed by atoms with van der Waals surface area (Å²) in [7, 11) is -3.17. The fourth-order valence-electron chi connectivity index (χ4n) is 2.42. The Bertz CT molecular complexity index is 600. The standard InChI is InChI=1S/C11H19N5O4S/c1-2-3-16-10(12-13-14-16)7-15-4-5-21(19,20)8-9(15)6-11(17)18/h9H,2-8H2,1H3,(H,17,18). The zero-order valence-corrected chi connectivity index (χ0v) is 12.7. The molecule has 0 spiro atoms. The number of hydrogen-bond acceptors (Lipinski definition) is 7. The lowest BCUT2D eigenvalue weighted by Gasteiger charge is -2.34. The van der Waals surface area contributed by atoms with E-state index in [2.05, 4.69) is 15.5 Å². The van der Waals surface area contributed by atoms with Crippen molar-refractivity contribution in [3.05, 3.63) is 5.82 Å². The van der Waals surface area contributed by atoms with Gasteiger partial charge in [0.05, 0.1) is 24.5 Å². The zero-order valence-electron chi connectivity index (χ0n) is 11.8. The van der Waals surface area contributed by atoms with Gasteiger partial charge in [0.15, 0.2) is 15.7 Å². The quantitative estimate of drug-likeness (QED) is 0.721. The second-order valence-electron chi connectivity index (χ2n) is 5.15. The van der Waals surface area contributed by atoms with Gasteiger partial charge in [-0.2, -0.15) is 0 Å². The second kappa shape index (κ2) is 6.48. The van der Waals surface area contributed by atoms with Gasteiger partial charge in [-0.15, -0.1) is 5.10 Å². The third kappa shape index (κ3) is 4.21. The minimum absolute atomic E-state index is 0.0401. The highest BCUT2D eigenvalue weighted by molar-refractivity contribution is 7.91. The van der Waals surface area contributed by atoms with Crippen molar-refractivity contribution in [2.24, 2.45) is 0 Å². The predicted molar refractivity (Wildman–Crippen MR) is 73.2 cm³/mol. The van der Waals surface area contributed by atoms with Gasteiger partial charge in [-0.25, -0.2) is 13.1 Å². The molecule has 0 bridgehead atoms. The number of tetrazole rings is 1. The molecule has 1 unspecified atom stereocenters. The van der Waals surface area contributed by atoms with Crippen molar-refractivity contribution in [2.45, 2.75) is 38.9 Å². The molecule has 2 rings (SSSR count). The second-order valence-corrected chi connectivity index (χ2v) is 7.38. The van der Waals surface area contributed by atoms with Gasteiger partial charge in [0.25, 0.3) is 0 Å². The van der Waals surface area contributed by atoms with Crippen LogP contribution in [0.4, 0.5) is 0 Å². The smallest absolute Gasteiger partial charge is 0.304 e. The summed E-state index contributed by atoms with van der Waals surface area (Å²) in [5.41, 5.74) is 0. The number of aryl methyl sites for hydroxylation is 1. The molecule has 0 aromatic carbocycles. The number of nitrogens with zero attached hydrogens (tertiary/aromatic N) is 5. The number of rotatable bonds is 6. The average molecular weight is 317 g/mol. The van der Waals surface area contributed by atoms with Crippen LogP contribution in [0, 0.1) is 0 Å². The minimum atomic E-state index is -3.17. The Labute approximate surface area is 122 Å². The van der Waals surface area contributed by atoms with Crippen LogP contribution in [-0.4, -0.2) is 68.7 Å².